The van der Waals surface area contributed by atoms with Crippen LogP contribution in [0.25, 0.3) is 0 Å². The molecule has 1 heterocycles. The number of guanidine groups is 1. The van der Waals surface area contributed by atoms with Gasteiger partial charge in [-0.2, -0.15) is 0 Å². The number of hydrogen-bond donors (Lipinski definition) is 3. The van der Waals surface area contributed by atoms with Gasteiger partial charge in [0.05, 0.1) is 6.54 Å². The second-order valence-electron chi connectivity index (χ2n) is 7.35. The maximum atomic E-state index is 11.0. The van der Waals surface area contributed by atoms with E-state index in [9.17, 15) is 4.79 Å². The van der Waals surface area contributed by atoms with Gasteiger partial charge < -0.3 is 16.4 Å². The Bertz CT molecular complexity index is 672. The smallest absolute Gasteiger partial charge is 0.231 e. The fourth-order valence-corrected chi connectivity index (χ4v) is 4.39. The summed E-state index contributed by atoms with van der Waals surface area (Å²) in [6, 6.07) is 8.87. The number of piperidine rings is 1. The van der Waals surface area contributed by atoms with Gasteiger partial charge in [-0.15, -0.1) is 24.0 Å². The van der Waals surface area contributed by atoms with Crippen molar-refractivity contribution < 1.29 is 4.79 Å². The number of hydrogen-bond acceptors (Lipinski definition) is 3. The van der Waals surface area contributed by atoms with Gasteiger partial charge in [-0.05, 0) is 37.3 Å². The molecule has 1 saturated heterocycles. The second kappa shape index (κ2) is 10.1. The van der Waals surface area contributed by atoms with E-state index in [-0.39, 0.29) is 35.3 Å². The number of benzene rings is 1. The van der Waals surface area contributed by atoms with Crippen LogP contribution >= 0.6 is 39.9 Å². The van der Waals surface area contributed by atoms with Crippen LogP contribution in [-0.4, -0.2) is 56.0 Å². The van der Waals surface area contributed by atoms with E-state index in [2.05, 4.69) is 60.7 Å². The number of nitrogens with two attached hydrogens (primary N) is 1. The number of halogens is 2. The van der Waals surface area contributed by atoms with E-state index in [4.69, 9.17) is 5.73 Å². The van der Waals surface area contributed by atoms with Gasteiger partial charge in [-0.3, -0.25) is 14.7 Å². The van der Waals surface area contributed by atoms with Gasteiger partial charge in [0.1, 0.15) is 0 Å². The van der Waals surface area contributed by atoms with Crippen molar-refractivity contribution in [3.8, 4) is 0 Å². The van der Waals surface area contributed by atoms with Crippen LogP contribution < -0.4 is 16.4 Å². The number of carbonyl (C=O) groups is 1. The van der Waals surface area contributed by atoms with Crippen LogP contribution in [0.1, 0.15) is 31.2 Å². The van der Waals surface area contributed by atoms with Crippen LogP contribution in [0, 0.1) is 0 Å². The normalized spacial score (nSPS) is 19.9. The molecule has 0 unspecified atom stereocenters. The summed E-state index contributed by atoms with van der Waals surface area (Å²) in [5.74, 6) is 0.604. The number of likely N-dealkylation sites (tertiary alicyclic amines) is 1. The Morgan fingerprint density at radius 3 is 2.56 bits per heavy atom. The Hall–Kier alpha value is -0.870. The lowest BCUT2D eigenvalue weighted by atomic mass is 9.96. The van der Waals surface area contributed by atoms with Gasteiger partial charge in [0.15, 0.2) is 5.96 Å². The highest BCUT2D eigenvalue weighted by atomic mass is 127. The lowest BCUT2D eigenvalue weighted by Crippen LogP contribution is -2.50. The monoisotopic (exact) mass is 549 g/mol. The topological polar surface area (TPSA) is 82.8 Å². The molecule has 8 heteroatoms. The molecule has 6 nitrogen and oxygen atoms in total. The lowest BCUT2D eigenvalue weighted by molar-refractivity contribution is -0.119. The number of primary amides is 1. The quantitative estimate of drug-likeness (QED) is 0.289. The number of aliphatic imine (C=N–C) groups is 1. The first-order chi connectivity index (χ1) is 12.5. The molecule has 0 radical (unpaired) electrons. The molecule has 0 aromatic heterocycles. The zero-order valence-electron chi connectivity index (χ0n) is 15.7. The van der Waals surface area contributed by atoms with Crippen molar-refractivity contribution in [2.45, 2.75) is 37.1 Å². The predicted octanol–water partition coefficient (Wildman–Crippen LogP) is 2.21. The molecule has 1 aliphatic carbocycles. The van der Waals surface area contributed by atoms with E-state index in [1.807, 2.05) is 7.05 Å². The number of carbonyl (C=O) groups excluding carboxylic acids is 1. The van der Waals surface area contributed by atoms with Crippen LogP contribution in [0.15, 0.2) is 33.7 Å². The second-order valence-corrected chi connectivity index (χ2v) is 8.20. The molecule has 27 heavy (non-hydrogen) atoms. The number of nitrogens with zero attached hydrogens (tertiary/aromatic N) is 2. The summed E-state index contributed by atoms with van der Waals surface area (Å²) in [6.07, 6.45) is 4.38. The highest BCUT2D eigenvalue weighted by Crippen LogP contribution is 2.49. The third-order valence-corrected chi connectivity index (χ3v) is 6.12. The summed E-state index contributed by atoms with van der Waals surface area (Å²) in [7, 11) is 1.82. The first kappa shape index (κ1) is 22.4. The Kier molecular flexibility index (Phi) is 8.36. The Morgan fingerprint density at radius 2 is 2.00 bits per heavy atom. The Morgan fingerprint density at radius 1 is 1.33 bits per heavy atom. The van der Waals surface area contributed by atoms with Crippen molar-refractivity contribution >= 4 is 51.8 Å². The highest BCUT2D eigenvalue weighted by molar-refractivity contribution is 14.0. The van der Waals surface area contributed by atoms with Crippen LogP contribution in [0.5, 0.6) is 0 Å². The average Bonchev–Trinajstić information content (AvgIpc) is 3.41. The van der Waals surface area contributed by atoms with Gasteiger partial charge in [-0.1, -0.05) is 34.1 Å². The van der Waals surface area contributed by atoms with Crippen molar-refractivity contribution in [3.05, 3.63) is 34.3 Å². The molecule has 1 aliphatic heterocycles. The zero-order chi connectivity index (χ0) is 18.6. The molecule has 2 fully saturated rings. The Balaban J connectivity index is 0.00000261. The van der Waals surface area contributed by atoms with E-state index in [0.29, 0.717) is 12.6 Å². The minimum absolute atomic E-state index is 0. The maximum Gasteiger partial charge on any atom is 0.231 e. The van der Waals surface area contributed by atoms with Crippen LogP contribution in [-0.2, 0) is 10.2 Å². The third-order valence-electron chi connectivity index (χ3n) is 5.42. The summed E-state index contributed by atoms with van der Waals surface area (Å²) >= 11 is 3.69. The summed E-state index contributed by atoms with van der Waals surface area (Å²) in [5.41, 5.74) is 6.86. The van der Waals surface area contributed by atoms with Gasteiger partial charge in [0.25, 0.3) is 0 Å². The summed E-state index contributed by atoms with van der Waals surface area (Å²) in [5, 5.41) is 7.05. The third kappa shape index (κ3) is 6.05. The van der Waals surface area contributed by atoms with E-state index in [1.165, 1.54) is 22.9 Å². The summed E-state index contributed by atoms with van der Waals surface area (Å²) < 4.78 is 1.18. The van der Waals surface area contributed by atoms with E-state index in [1.54, 1.807) is 0 Å². The Labute approximate surface area is 186 Å². The number of nitrogens with one attached hydrogen (secondary N) is 2. The van der Waals surface area contributed by atoms with Crippen molar-refractivity contribution in [3.63, 3.8) is 0 Å². The molecular formula is C19H29BrIN5O. The van der Waals surface area contributed by atoms with Crippen molar-refractivity contribution in [1.29, 1.82) is 0 Å². The van der Waals surface area contributed by atoms with Crippen LogP contribution in [0.3, 0.4) is 0 Å². The highest BCUT2D eigenvalue weighted by Gasteiger charge is 2.45. The largest absolute Gasteiger partial charge is 0.369 e. The predicted molar refractivity (Wildman–Crippen MR) is 124 cm³/mol. The standard InChI is InChI=1S/C19H28BrN5O.HI/c1-22-18(24-14-6-10-25(11-7-14)12-17(21)26)23-13-19(8-9-19)15-4-2-3-5-16(15)20;/h2-5,14H,6-13H2,1H3,(H2,21,26)(H2,22,23,24);1H. The molecule has 1 saturated carbocycles. The number of rotatable bonds is 6. The van der Waals surface area contributed by atoms with Crippen molar-refractivity contribution in [2.75, 3.05) is 33.2 Å². The average molecular weight is 550 g/mol. The van der Waals surface area contributed by atoms with Gasteiger partial charge in [-0.25, -0.2) is 0 Å². The van der Waals surface area contributed by atoms with Crippen molar-refractivity contribution in [1.82, 2.24) is 15.5 Å². The molecule has 3 rings (SSSR count). The molecule has 0 bridgehead atoms. The zero-order valence-corrected chi connectivity index (χ0v) is 19.6. The molecule has 4 N–H and O–H groups in total. The van der Waals surface area contributed by atoms with Crippen LogP contribution in [0.4, 0.5) is 0 Å². The van der Waals surface area contributed by atoms with Gasteiger partial charge in [0, 0.05) is 42.6 Å². The molecule has 1 aromatic carbocycles. The summed E-state index contributed by atoms with van der Waals surface area (Å²) in [4.78, 5) is 17.5. The van der Waals surface area contributed by atoms with E-state index < -0.39 is 0 Å². The maximum absolute atomic E-state index is 11.0. The first-order valence-electron chi connectivity index (χ1n) is 9.25. The molecule has 0 spiro atoms. The van der Waals surface area contributed by atoms with Gasteiger partial charge >= 0.3 is 0 Å². The molecule has 0 atom stereocenters. The van der Waals surface area contributed by atoms with Gasteiger partial charge in [0.2, 0.25) is 5.91 Å². The summed E-state index contributed by atoms with van der Waals surface area (Å²) in [6.45, 7) is 3.01. The molecule has 150 valence electrons. The lowest BCUT2D eigenvalue weighted by Gasteiger charge is -2.32. The first-order valence-corrected chi connectivity index (χ1v) is 10.0. The van der Waals surface area contributed by atoms with Crippen LogP contribution in [0.2, 0.25) is 0 Å². The molecule has 2 aliphatic rings. The van der Waals surface area contributed by atoms with Crippen molar-refractivity contribution in [2.24, 2.45) is 10.7 Å². The number of amides is 1. The molecule has 1 aromatic rings. The minimum atomic E-state index is -0.254. The van der Waals surface area contributed by atoms with E-state index >= 15 is 0 Å². The fraction of sp³-hybridized carbons (Fsp3) is 0.579. The molecular weight excluding hydrogens is 521 g/mol. The fourth-order valence-electron chi connectivity index (χ4n) is 3.68. The van der Waals surface area contributed by atoms with E-state index in [0.717, 1.165) is 38.4 Å². The minimum Gasteiger partial charge on any atom is -0.369 e. The molecule has 1 amide bonds. The SMILES string of the molecule is CN=C(NCC1(c2ccccc2Br)CC1)NC1CCN(CC(N)=O)CC1.I.